The first kappa shape index (κ1) is 11.5. The third kappa shape index (κ3) is 2.23. The second-order valence-electron chi connectivity index (χ2n) is 5.68. The van der Waals surface area contributed by atoms with Gasteiger partial charge in [0.2, 0.25) is 0 Å². The Labute approximate surface area is 108 Å². The van der Waals surface area contributed by atoms with Gasteiger partial charge in [-0.25, -0.2) is 0 Å². The van der Waals surface area contributed by atoms with Crippen molar-refractivity contribution in [1.82, 2.24) is 5.32 Å². The SMILES string of the molecule is CC1CNC2(CCCCC2)CN1c1ccsc1. The predicted octanol–water partition coefficient (Wildman–Crippen LogP) is 3.25. The van der Waals surface area contributed by atoms with Crippen molar-refractivity contribution in [2.45, 2.75) is 50.6 Å². The van der Waals surface area contributed by atoms with Crippen molar-refractivity contribution in [3.63, 3.8) is 0 Å². The Morgan fingerprint density at radius 3 is 2.88 bits per heavy atom. The van der Waals surface area contributed by atoms with E-state index >= 15 is 0 Å². The van der Waals surface area contributed by atoms with Gasteiger partial charge in [-0.1, -0.05) is 19.3 Å². The highest BCUT2D eigenvalue weighted by molar-refractivity contribution is 7.08. The zero-order valence-electron chi connectivity index (χ0n) is 10.6. The molecule has 3 heteroatoms. The maximum absolute atomic E-state index is 3.84. The molecule has 2 heterocycles. The van der Waals surface area contributed by atoms with E-state index in [-0.39, 0.29) is 0 Å². The van der Waals surface area contributed by atoms with Crippen LogP contribution < -0.4 is 10.2 Å². The van der Waals surface area contributed by atoms with E-state index in [2.05, 4.69) is 34.0 Å². The average molecular weight is 250 g/mol. The van der Waals surface area contributed by atoms with Gasteiger partial charge < -0.3 is 10.2 Å². The van der Waals surface area contributed by atoms with Gasteiger partial charge in [0.05, 0.1) is 0 Å². The molecule has 1 aliphatic carbocycles. The number of thiophene rings is 1. The highest BCUT2D eigenvalue weighted by atomic mass is 32.1. The molecule has 1 aromatic heterocycles. The van der Waals surface area contributed by atoms with Crippen LogP contribution in [0.5, 0.6) is 0 Å². The molecule has 0 radical (unpaired) electrons. The molecule has 1 unspecified atom stereocenters. The molecule has 1 N–H and O–H groups in total. The number of piperazine rings is 1. The van der Waals surface area contributed by atoms with E-state index in [1.54, 1.807) is 0 Å². The first-order valence-corrected chi connectivity index (χ1v) is 7.77. The quantitative estimate of drug-likeness (QED) is 0.823. The van der Waals surface area contributed by atoms with Crippen molar-refractivity contribution in [2.24, 2.45) is 0 Å². The van der Waals surface area contributed by atoms with Gasteiger partial charge in [-0.3, -0.25) is 0 Å². The molecule has 1 atom stereocenters. The summed E-state index contributed by atoms with van der Waals surface area (Å²) in [4.78, 5) is 2.61. The Balaban J connectivity index is 1.79. The van der Waals surface area contributed by atoms with Crippen molar-refractivity contribution in [1.29, 1.82) is 0 Å². The molecular weight excluding hydrogens is 228 g/mol. The highest BCUT2D eigenvalue weighted by Crippen LogP contribution is 2.34. The smallest absolute Gasteiger partial charge is 0.0478 e. The van der Waals surface area contributed by atoms with Crippen molar-refractivity contribution < 1.29 is 0 Å². The summed E-state index contributed by atoms with van der Waals surface area (Å²) in [6.07, 6.45) is 6.95. The molecular formula is C14H22N2S. The fourth-order valence-electron chi connectivity index (χ4n) is 3.34. The van der Waals surface area contributed by atoms with E-state index in [4.69, 9.17) is 0 Å². The normalized spacial score (nSPS) is 28.5. The number of nitrogens with one attached hydrogen (secondary N) is 1. The van der Waals surface area contributed by atoms with Gasteiger partial charge in [-0.15, -0.1) is 0 Å². The van der Waals surface area contributed by atoms with Crippen LogP contribution in [0.2, 0.25) is 0 Å². The number of hydrogen-bond acceptors (Lipinski definition) is 3. The molecule has 1 aromatic rings. The lowest BCUT2D eigenvalue weighted by Crippen LogP contribution is -2.64. The first-order chi connectivity index (χ1) is 8.29. The number of anilines is 1. The lowest BCUT2D eigenvalue weighted by Gasteiger charge is -2.49. The zero-order valence-corrected chi connectivity index (χ0v) is 11.4. The summed E-state index contributed by atoms with van der Waals surface area (Å²) in [6, 6.07) is 2.89. The van der Waals surface area contributed by atoms with Gasteiger partial charge in [0.25, 0.3) is 0 Å². The Morgan fingerprint density at radius 2 is 2.18 bits per heavy atom. The molecule has 2 nitrogen and oxygen atoms in total. The predicted molar refractivity (Wildman–Crippen MR) is 74.9 cm³/mol. The molecule has 17 heavy (non-hydrogen) atoms. The fourth-order valence-corrected chi connectivity index (χ4v) is 3.99. The van der Waals surface area contributed by atoms with Crippen LogP contribution in [-0.2, 0) is 0 Å². The summed E-state index contributed by atoms with van der Waals surface area (Å²) in [5, 5.41) is 8.32. The summed E-state index contributed by atoms with van der Waals surface area (Å²) >= 11 is 1.81. The maximum Gasteiger partial charge on any atom is 0.0478 e. The average Bonchev–Trinajstić information content (AvgIpc) is 2.88. The molecule has 0 amide bonds. The summed E-state index contributed by atoms with van der Waals surface area (Å²) in [7, 11) is 0. The molecule has 2 fully saturated rings. The van der Waals surface area contributed by atoms with Crippen LogP contribution in [-0.4, -0.2) is 24.7 Å². The van der Waals surface area contributed by atoms with Crippen molar-refractivity contribution in [3.05, 3.63) is 16.8 Å². The van der Waals surface area contributed by atoms with E-state index in [1.807, 2.05) is 11.3 Å². The Morgan fingerprint density at radius 1 is 1.35 bits per heavy atom. The molecule has 1 aliphatic heterocycles. The first-order valence-electron chi connectivity index (χ1n) is 6.83. The standard InChI is InChI=1S/C14H22N2S/c1-12-9-15-14(6-3-2-4-7-14)11-16(12)13-5-8-17-10-13/h5,8,10,12,15H,2-4,6-7,9,11H2,1H3. The molecule has 1 saturated carbocycles. The van der Waals surface area contributed by atoms with Gasteiger partial charge in [-0.2, -0.15) is 11.3 Å². The Kier molecular flexibility index (Phi) is 3.14. The van der Waals surface area contributed by atoms with Crippen LogP contribution >= 0.6 is 11.3 Å². The van der Waals surface area contributed by atoms with Gasteiger partial charge in [0.1, 0.15) is 0 Å². The Hall–Kier alpha value is -0.540. The minimum Gasteiger partial charge on any atom is -0.365 e. The lowest BCUT2D eigenvalue weighted by molar-refractivity contribution is 0.201. The molecule has 94 valence electrons. The van der Waals surface area contributed by atoms with E-state index in [1.165, 1.54) is 44.3 Å². The van der Waals surface area contributed by atoms with Crippen molar-refractivity contribution >= 4 is 17.0 Å². The molecule has 0 aromatic carbocycles. The summed E-state index contributed by atoms with van der Waals surface area (Å²) in [5.74, 6) is 0. The van der Waals surface area contributed by atoms with E-state index in [0.717, 1.165) is 6.54 Å². The fraction of sp³-hybridized carbons (Fsp3) is 0.714. The minimum absolute atomic E-state index is 0.409. The third-order valence-corrected chi connectivity index (χ3v) is 5.10. The van der Waals surface area contributed by atoms with Crippen LogP contribution in [0.1, 0.15) is 39.0 Å². The molecule has 0 bridgehead atoms. The minimum atomic E-state index is 0.409. The summed E-state index contributed by atoms with van der Waals surface area (Å²) in [5.41, 5.74) is 1.83. The lowest BCUT2D eigenvalue weighted by atomic mass is 9.79. The second kappa shape index (κ2) is 4.62. The maximum atomic E-state index is 3.84. The van der Waals surface area contributed by atoms with Gasteiger partial charge in [0.15, 0.2) is 0 Å². The second-order valence-corrected chi connectivity index (χ2v) is 6.46. The largest absolute Gasteiger partial charge is 0.365 e. The van der Waals surface area contributed by atoms with Crippen LogP contribution in [0.15, 0.2) is 16.8 Å². The van der Waals surface area contributed by atoms with Crippen LogP contribution in [0, 0.1) is 0 Å². The molecule has 2 aliphatic rings. The van der Waals surface area contributed by atoms with Crippen molar-refractivity contribution in [3.8, 4) is 0 Å². The van der Waals surface area contributed by atoms with E-state index < -0.39 is 0 Å². The van der Waals surface area contributed by atoms with Crippen LogP contribution in [0.25, 0.3) is 0 Å². The van der Waals surface area contributed by atoms with Crippen LogP contribution in [0.4, 0.5) is 5.69 Å². The highest BCUT2D eigenvalue weighted by Gasteiger charge is 2.38. The summed E-state index contributed by atoms with van der Waals surface area (Å²) < 4.78 is 0. The number of hydrogen-bond donors (Lipinski definition) is 1. The zero-order chi connectivity index (χ0) is 11.7. The number of nitrogens with zero attached hydrogens (tertiary/aromatic N) is 1. The summed E-state index contributed by atoms with van der Waals surface area (Å²) in [6.45, 7) is 4.67. The Bertz CT molecular complexity index is 354. The van der Waals surface area contributed by atoms with E-state index in [0.29, 0.717) is 11.6 Å². The molecule has 3 rings (SSSR count). The van der Waals surface area contributed by atoms with Gasteiger partial charge in [0, 0.05) is 35.7 Å². The molecule has 1 spiro atoms. The topological polar surface area (TPSA) is 15.3 Å². The van der Waals surface area contributed by atoms with E-state index in [9.17, 15) is 0 Å². The number of rotatable bonds is 1. The van der Waals surface area contributed by atoms with Crippen LogP contribution in [0.3, 0.4) is 0 Å². The molecule has 1 saturated heterocycles. The van der Waals surface area contributed by atoms with Crippen molar-refractivity contribution in [2.75, 3.05) is 18.0 Å². The van der Waals surface area contributed by atoms with Gasteiger partial charge >= 0.3 is 0 Å². The van der Waals surface area contributed by atoms with Gasteiger partial charge in [-0.05, 0) is 31.2 Å². The third-order valence-electron chi connectivity index (χ3n) is 4.43. The monoisotopic (exact) mass is 250 g/mol.